The van der Waals surface area contributed by atoms with E-state index in [1.165, 1.54) is 0 Å². The summed E-state index contributed by atoms with van der Waals surface area (Å²) in [7, 11) is 1.62. The summed E-state index contributed by atoms with van der Waals surface area (Å²) >= 11 is 0. The molecule has 1 heterocycles. The lowest BCUT2D eigenvalue weighted by molar-refractivity contribution is 0.0647. The molecule has 5 nitrogen and oxygen atoms in total. The first-order chi connectivity index (χ1) is 10.2. The van der Waals surface area contributed by atoms with Crippen molar-refractivity contribution in [1.29, 1.82) is 0 Å². The lowest BCUT2D eigenvalue weighted by Gasteiger charge is -2.21. The van der Waals surface area contributed by atoms with Crippen LogP contribution in [0.5, 0.6) is 0 Å². The highest BCUT2D eigenvalue weighted by Gasteiger charge is 2.19. The van der Waals surface area contributed by atoms with Gasteiger partial charge in [-0.05, 0) is 17.7 Å². The number of methoxy groups -OCH3 is 1. The average molecular weight is 288 g/mol. The molecular formula is C16H20N2O3. The van der Waals surface area contributed by atoms with Crippen LogP contribution < -0.4 is 5.73 Å². The predicted molar refractivity (Wildman–Crippen MR) is 79.7 cm³/mol. The van der Waals surface area contributed by atoms with E-state index in [4.69, 9.17) is 14.9 Å². The topological polar surface area (TPSA) is 68.7 Å². The maximum atomic E-state index is 12.5. The van der Waals surface area contributed by atoms with Crippen molar-refractivity contribution in [3.8, 4) is 0 Å². The number of rotatable bonds is 7. The molecule has 0 fully saturated rings. The zero-order valence-corrected chi connectivity index (χ0v) is 12.1. The van der Waals surface area contributed by atoms with E-state index < -0.39 is 0 Å². The molecule has 0 saturated carbocycles. The van der Waals surface area contributed by atoms with Crippen molar-refractivity contribution >= 4 is 5.91 Å². The third-order valence-corrected chi connectivity index (χ3v) is 3.14. The van der Waals surface area contributed by atoms with E-state index in [0.717, 1.165) is 5.56 Å². The number of benzene rings is 1. The summed E-state index contributed by atoms with van der Waals surface area (Å²) in [5.41, 5.74) is 6.57. The number of furan rings is 1. The fraction of sp³-hybridized carbons (Fsp3) is 0.312. The van der Waals surface area contributed by atoms with Crippen LogP contribution in [0, 0.1) is 0 Å². The number of hydrogen-bond donors (Lipinski definition) is 1. The number of nitrogens with zero attached hydrogens (tertiary/aromatic N) is 1. The second kappa shape index (κ2) is 7.61. The fourth-order valence-corrected chi connectivity index (χ4v) is 2.02. The van der Waals surface area contributed by atoms with Gasteiger partial charge in [-0.1, -0.05) is 30.3 Å². The maximum Gasteiger partial charge on any atom is 0.289 e. The van der Waals surface area contributed by atoms with Crippen molar-refractivity contribution < 1.29 is 13.9 Å². The summed E-state index contributed by atoms with van der Waals surface area (Å²) in [4.78, 5) is 14.2. The molecule has 5 heteroatoms. The molecule has 0 spiro atoms. The Bertz CT molecular complexity index is 566. The van der Waals surface area contributed by atoms with Crippen LogP contribution in [-0.4, -0.2) is 31.1 Å². The van der Waals surface area contributed by atoms with Gasteiger partial charge in [0.2, 0.25) is 0 Å². The van der Waals surface area contributed by atoms with Crippen LogP contribution in [0.15, 0.2) is 46.9 Å². The maximum absolute atomic E-state index is 12.5. The molecule has 0 atom stereocenters. The van der Waals surface area contributed by atoms with Gasteiger partial charge < -0.3 is 19.8 Å². The third kappa shape index (κ3) is 4.18. The van der Waals surface area contributed by atoms with Crippen LogP contribution >= 0.6 is 0 Å². The van der Waals surface area contributed by atoms with Gasteiger partial charge in [0, 0.05) is 20.2 Å². The van der Waals surface area contributed by atoms with Gasteiger partial charge in [-0.15, -0.1) is 0 Å². The molecule has 0 aliphatic rings. The van der Waals surface area contributed by atoms with Crippen LogP contribution in [0.25, 0.3) is 0 Å². The number of carbonyl (C=O) groups is 1. The zero-order valence-electron chi connectivity index (χ0n) is 12.1. The van der Waals surface area contributed by atoms with Gasteiger partial charge in [0.25, 0.3) is 5.91 Å². The monoisotopic (exact) mass is 288 g/mol. The number of amides is 1. The second-order valence-corrected chi connectivity index (χ2v) is 4.68. The Balaban J connectivity index is 2.12. The molecule has 0 bridgehead atoms. The van der Waals surface area contributed by atoms with Crippen LogP contribution in [0.2, 0.25) is 0 Å². The van der Waals surface area contributed by atoms with Crippen LogP contribution in [0.4, 0.5) is 0 Å². The molecule has 1 aromatic carbocycles. The van der Waals surface area contributed by atoms with E-state index in [2.05, 4.69) is 0 Å². The fourth-order valence-electron chi connectivity index (χ4n) is 2.02. The minimum absolute atomic E-state index is 0.157. The Morgan fingerprint density at radius 1 is 1.24 bits per heavy atom. The lowest BCUT2D eigenvalue weighted by Crippen LogP contribution is -2.33. The van der Waals surface area contributed by atoms with Gasteiger partial charge in [0.05, 0.1) is 13.2 Å². The summed E-state index contributed by atoms with van der Waals surface area (Å²) in [5.74, 6) is 0.753. The molecule has 0 unspecified atom stereocenters. The van der Waals surface area contributed by atoms with Gasteiger partial charge in [-0.2, -0.15) is 0 Å². The van der Waals surface area contributed by atoms with E-state index in [1.807, 2.05) is 30.3 Å². The van der Waals surface area contributed by atoms with Gasteiger partial charge in [0.1, 0.15) is 5.76 Å². The Kier molecular flexibility index (Phi) is 5.54. The molecule has 0 radical (unpaired) electrons. The first-order valence-corrected chi connectivity index (χ1v) is 6.85. The van der Waals surface area contributed by atoms with Gasteiger partial charge >= 0.3 is 0 Å². The molecule has 1 aromatic heterocycles. The molecule has 2 aromatic rings. The SMILES string of the molecule is COCCN(Cc1ccccc1)C(=O)c1ccc(CN)o1. The Morgan fingerprint density at radius 3 is 2.62 bits per heavy atom. The van der Waals surface area contributed by atoms with Crippen molar-refractivity contribution in [2.75, 3.05) is 20.3 Å². The number of ether oxygens (including phenoxy) is 1. The largest absolute Gasteiger partial charge is 0.455 e. The van der Waals surface area contributed by atoms with E-state index in [1.54, 1.807) is 24.1 Å². The smallest absolute Gasteiger partial charge is 0.289 e. The highest BCUT2D eigenvalue weighted by molar-refractivity contribution is 5.91. The summed E-state index contributed by atoms with van der Waals surface area (Å²) in [6.07, 6.45) is 0. The quantitative estimate of drug-likeness (QED) is 0.846. The number of nitrogens with two attached hydrogens (primary N) is 1. The zero-order chi connectivity index (χ0) is 15.1. The minimum Gasteiger partial charge on any atom is -0.455 e. The van der Waals surface area contributed by atoms with Gasteiger partial charge in [0.15, 0.2) is 5.76 Å². The van der Waals surface area contributed by atoms with Gasteiger partial charge in [-0.3, -0.25) is 4.79 Å². The molecule has 2 N–H and O–H groups in total. The standard InChI is InChI=1S/C16H20N2O3/c1-20-10-9-18(12-13-5-3-2-4-6-13)16(19)15-8-7-14(11-17)21-15/h2-8H,9-12,17H2,1H3. The summed E-state index contributed by atoms with van der Waals surface area (Å²) in [6.45, 7) is 1.78. The Hall–Kier alpha value is -2.11. The van der Waals surface area contributed by atoms with Crippen molar-refractivity contribution in [2.24, 2.45) is 5.73 Å². The van der Waals surface area contributed by atoms with Crippen molar-refractivity contribution in [3.63, 3.8) is 0 Å². The van der Waals surface area contributed by atoms with E-state index in [0.29, 0.717) is 31.2 Å². The van der Waals surface area contributed by atoms with E-state index >= 15 is 0 Å². The lowest BCUT2D eigenvalue weighted by atomic mass is 10.2. The molecule has 0 aliphatic heterocycles. The van der Waals surface area contributed by atoms with Crippen molar-refractivity contribution in [1.82, 2.24) is 4.90 Å². The van der Waals surface area contributed by atoms with E-state index in [-0.39, 0.29) is 12.5 Å². The van der Waals surface area contributed by atoms with Crippen LogP contribution in [0.3, 0.4) is 0 Å². The molecular weight excluding hydrogens is 268 g/mol. The Labute approximate surface area is 124 Å². The predicted octanol–water partition coefficient (Wildman–Crippen LogP) is 2.03. The third-order valence-electron chi connectivity index (χ3n) is 3.14. The highest BCUT2D eigenvalue weighted by Crippen LogP contribution is 2.13. The normalized spacial score (nSPS) is 10.6. The minimum atomic E-state index is -0.157. The van der Waals surface area contributed by atoms with Crippen LogP contribution in [-0.2, 0) is 17.8 Å². The number of hydrogen-bond acceptors (Lipinski definition) is 4. The van der Waals surface area contributed by atoms with Gasteiger partial charge in [-0.25, -0.2) is 0 Å². The van der Waals surface area contributed by atoms with Crippen molar-refractivity contribution in [2.45, 2.75) is 13.1 Å². The number of carbonyl (C=O) groups excluding carboxylic acids is 1. The first-order valence-electron chi connectivity index (χ1n) is 6.85. The highest BCUT2D eigenvalue weighted by atomic mass is 16.5. The Morgan fingerprint density at radius 2 is 2.00 bits per heavy atom. The van der Waals surface area contributed by atoms with E-state index in [9.17, 15) is 4.79 Å². The summed E-state index contributed by atoms with van der Waals surface area (Å²) in [5, 5.41) is 0. The molecule has 0 saturated heterocycles. The van der Waals surface area contributed by atoms with Crippen molar-refractivity contribution in [3.05, 3.63) is 59.5 Å². The first kappa shape index (κ1) is 15.3. The molecule has 0 aliphatic carbocycles. The molecule has 2 rings (SSSR count). The molecule has 21 heavy (non-hydrogen) atoms. The van der Waals surface area contributed by atoms with Crippen LogP contribution in [0.1, 0.15) is 21.9 Å². The second-order valence-electron chi connectivity index (χ2n) is 4.68. The molecule has 1 amide bonds. The summed E-state index contributed by atoms with van der Waals surface area (Å²) < 4.78 is 10.5. The molecule has 112 valence electrons. The average Bonchev–Trinajstić information content (AvgIpc) is 3.00. The summed E-state index contributed by atoms with van der Waals surface area (Å²) in [6, 6.07) is 13.2.